The number of carbonyl (C=O) groups is 2. The number of pyridine rings is 1. The summed E-state index contributed by atoms with van der Waals surface area (Å²) in [5, 5.41) is 5.31. The molecule has 20 heavy (non-hydrogen) atoms. The third kappa shape index (κ3) is 5.63. The second-order valence-corrected chi connectivity index (χ2v) is 3.92. The van der Waals surface area contributed by atoms with Crippen LogP contribution in [0.15, 0.2) is 18.3 Å². The Balaban J connectivity index is 2.30. The molecule has 2 amide bonds. The molecule has 0 radical (unpaired) electrons. The van der Waals surface area contributed by atoms with E-state index in [1.54, 1.807) is 13.2 Å². The van der Waals surface area contributed by atoms with Gasteiger partial charge in [0.2, 0.25) is 5.91 Å². The number of amides is 2. The lowest BCUT2D eigenvalue weighted by molar-refractivity contribution is -0.121. The average Bonchev–Trinajstić information content (AvgIpc) is 2.47. The first-order chi connectivity index (χ1) is 9.67. The number of hydrogen-bond acceptors (Lipinski definition) is 6. The van der Waals surface area contributed by atoms with Crippen LogP contribution in [0.2, 0.25) is 0 Å². The molecule has 0 saturated heterocycles. The van der Waals surface area contributed by atoms with Gasteiger partial charge in [-0.15, -0.1) is 0 Å². The van der Waals surface area contributed by atoms with Crippen LogP contribution in [0.1, 0.15) is 16.8 Å². The van der Waals surface area contributed by atoms with Crippen molar-refractivity contribution in [3.63, 3.8) is 0 Å². The number of nitrogens with two attached hydrogens (primary N) is 1. The van der Waals surface area contributed by atoms with Crippen molar-refractivity contribution in [2.45, 2.75) is 6.42 Å². The number of ether oxygens (including phenoxy) is 1. The molecule has 0 aromatic carbocycles. The summed E-state index contributed by atoms with van der Waals surface area (Å²) in [5.41, 5.74) is 2.78. The van der Waals surface area contributed by atoms with Crippen LogP contribution in [-0.2, 0) is 9.53 Å². The Kier molecular flexibility index (Phi) is 7.01. The molecule has 1 rings (SSSR count). The smallest absolute Gasteiger partial charge is 0.251 e. The first-order valence-corrected chi connectivity index (χ1v) is 6.14. The Labute approximate surface area is 117 Å². The third-order valence-electron chi connectivity index (χ3n) is 2.44. The number of nitrogen functional groups attached to an aromatic ring is 1. The van der Waals surface area contributed by atoms with Crippen LogP contribution in [-0.4, -0.2) is 43.6 Å². The predicted octanol–water partition coefficient (Wildman–Crippen LogP) is -0.750. The van der Waals surface area contributed by atoms with E-state index in [-0.39, 0.29) is 24.8 Å². The molecule has 0 atom stereocenters. The molecule has 0 saturated carbocycles. The number of hydrazine groups is 1. The number of carbonyl (C=O) groups excluding carboxylic acids is 2. The summed E-state index contributed by atoms with van der Waals surface area (Å²) in [4.78, 5) is 27.1. The Morgan fingerprint density at radius 2 is 2.15 bits per heavy atom. The minimum Gasteiger partial charge on any atom is -0.383 e. The summed E-state index contributed by atoms with van der Waals surface area (Å²) >= 11 is 0. The van der Waals surface area contributed by atoms with Crippen molar-refractivity contribution < 1.29 is 14.3 Å². The molecule has 8 nitrogen and oxygen atoms in total. The largest absolute Gasteiger partial charge is 0.383 e. The highest BCUT2D eigenvalue weighted by atomic mass is 16.5. The van der Waals surface area contributed by atoms with Gasteiger partial charge in [0.05, 0.1) is 6.61 Å². The SMILES string of the molecule is COCCNC(=O)CCNC(=O)c1ccnc(NN)c1. The Hall–Kier alpha value is -2.19. The van der Waals surface area contributed by atoms with Crippen molar-refractivity contribution in [3.8, 4) is 0 Å². The molecule has 8 heteroatoms. The molecule has 1 aromatic heterocycles. The van der Waals surface area contributed by atoms with Crippen LogP contribution in [0.25, 0.3) is 0 Å². The van der Waals surface area contributed by atoms with Gasteiger partial charge in [0.15, 0.2) is 0 Å². The fourth-order valence-electron chi connectivity index (χ4n) is 1.42. The Morgan fingerprint density at radius 3 is 2.85 bits per heavy atom. The zero-order chi connectivity index (χ0) is 14.8. The summed E-state index contributed by atoms with van der Waals surface area (Å²) < 4.78 is 4.81. The highest BCUT2D eigenvalue weighted by molar-refractivity contribution is 5.95. The van der Waals surface area contributed by atoms with Crippen LogP contribution in [0, 0.1) is 0 Å². The molecule has 110 valence electrons. The normalized spacial score (nSPS) is 9.90. The molecule has 0 aliphatic heterocycles. The van der Waals surface area contributed by atoms with Gasteiger partial charge in [-0.3, -0.25) is 9.59 Å². The first kappa shape index (κ1) is 15.9. The molecular weight excluding hydrogens is 262 g/mol. The molecule has 1 heterocycles. The van der Waals surface area contributed by atoms with E-state index in [1.165, 1.54) is 12.3 Å². The zero-order valence-corrected chi connectivity index (χ0v) is 11.3. The molecule has 5 N–H and O–H groups in total. The molecular formula is C12H19N5O3. The van der Waals surface area contributed by atoms with E-state index < -0.39 is 0 Å². The van der Waals surface area contributed by atoms with Gasteiger partial charge in [0.1, 0.15) is 5.82 Å². The summed E-state index contributed by atoms with van der Waals surface area (Å²) in [6.45, 7) is 1.18. The number of methoxy groups -OCH3 is 1. The van der Waals surface area contributed by atoms with Crippen molar-refractivity contribution >= 4 is 17.6 Å². The topological polar surface area (TPSA) is 118 Å². The van der Waals surface area contributed by atoms with Gasteiger partial charge in [-0.05, 0) is 12.1 Å². The monoisotopic (exact) mass is 281 g/mol. The molecule has 0 unspecified atom stereocenters. The van der Waals surface area contributed by atoms with Crippen molar-refractivity contribution in [2.75, 3.05) is 32.2 Å². The maximum atomic E-state index is 11.8. The fourth-order valence-corrected chi connectivity index (χ4v) is 1.42. The lowest BCUT2D eigenvalue weighted by atomic mass is 10.2. The van der Waals surface area contributed by atoms with Gasteiger partial charge in [0, 0.05) is 38.4 Å². The van der Waals surface area contributed by atoms with Crippen LogP contribution in [0.4, 0.5) is 5.82 Å². The van der Waals surface area contributed by atoms with Gasteiger partial charge in [-0.2, -0.15) is 0 Å². The van der Waals surface area contributed by atoms with Crippen molar-refractivity contribution in [2.24, 2.45) is 5.84 Å². The number of nitrogens with one attached hydrogen (secondary N) is 3. The second kappa shape index (κ2) is 8.83. The van der Waals surface area contributed by atoms with Gasteiger partial charge < -0.3 is 20.8 Å². The average molecular weight is 281 g/mol. The fraction of sp³-hybridized carbons (Fsp3) is 0.417. The molecule has 0 aliphatic rings. The van der Waals surface area contributed by atoms with Crippen LogP contribution in [0.5, 0.6) is 0 Å². The third-order valence-corrected chi connectivity index (χ3v) is 2.44. The van der Waals surface area contributed by atoms with E-state index in [2.05, 4.69) is 21.0 Å². The van der Waals surface area contributed by atoms with Crippen LogP contribution < -0.4 is 21.9 Å². The maximum absolute atomic E-state index is 11.8. The molecule has 1 aromatic rings. The lowest BCUT2D eigenvalue weighted by Crippen LogP contribution is -2.32. The number of anilines is 1. The number of rotatable bonds is 8. The second-order valence-electron chi connectivity index (χ2n) is 3.92. The quantitative estimate of drug-likeness (QED) is 0.283. The summed E-state index contributed by atoms with van der Waals surface area (Å²) in [7, 11) is 1.56. The lowest BCUT2D eigenvalue weighted by Gasteiger charge is -2.07. The van der Waals surface area contributed by atoms with Crippen molar-refractivity contribution in [3.05, 3.63) is 23.9 Å². The summed E-state index contributed by atoms with van der Waals surface area (Å²) in [6, 6.07) is 3.09. The molecule has 0 fully saturated rings. The van der Waals surface area contributed by atoms with E-state index in [1.807, 2.05) is 0 Å². The van der Waals surface area contributed by atoms with Gasteiger partial charge >= 0.3 is 0 Å². The first-order valence-electron chi connectivity index (χ1n) is 6.14. The van der Waals surface area contributed by atoms with E-state index >= 15 is 0 Å². The van der Waals surface area contributed by atoms with Gasteiger partial charge in [-0.1, -0.05) is 0 Å². The molecule has 0 spiro atoms. The number of hydrogen-bond donors (Lipinski definition) is 4. The van der Waals surface area contributed by atoms with Gasteiger partial charge in [0.25, 0.3) is 5.91 Å². The molecule has 0 bridgehead atoms. The van der Waals surface area contributed by atoms with Crippen LogP contribution in [0.3, 0.4) is 0 Å². The van der Waals surface area contributed by atoms with Crippen LogP contribution >= 0.6 is 0 Å². The van der Waals surface area contributed by atoms with Crippen molar-refractivity contribution in [1.29, 1.82) is 0 Å². The standard InChI is InChI=1S/C12H19N5O3/c1-20-7-6-15-11(18)3-5-16-12(19)9-2-4-14-10(8-9)17-13/h2,4,8H,3,5-7,13H2,1H3,(H,14,17)(H,15,18)(H,16,19). The Bertz CT molecular complexity index is 452. The number of aromatic nitrogens is 1. The zero-order valence-electron chi connectivity index (χ0n) is 11.3. The van der Waals surface area contributed by atoms with E-state index in [4.69, 9.17) is 10.6 Å². The minimum atomic E-state index is -0.284. The minimum absolute atomic E-state index is 0.138. The van der Waals surface area contributed by atoms with Crippen molar-refractivity contribution in [1.82, 2.24) is 15.6 Å². The number of nitrogens with zero attached hydrogens (tertiary/aromatic N) is 1. The maximum Gasteiger partial charge on any atom is 0.251 e. The predicted molar refractivity (Wildman–Crippen MR) is 73.9 cm³/mol. The van der Waals surface area contributed by atoms with E-state index in [9.17, 15) is 9.59 Å². The highest BCUT2D eigenvalue weighted by Gasteiger charge is 2.07. The Morgan fingerprint density at radius 1 is 1.35 bits per heavy atom. The highest BCUT2D eigenvalue weighted by Crippen LogP contribution is 2.04. The summed E-state index contributed by atoms with van der Waals surface area (Å²) in [6.07, 6.45) is 1.68. The molecule has 0 aliphatic carbocycles. The van der Waals surface area contributed by atoms with E-state index in [0.717, 1.165) is 0 Å². The summed E-state index contributed by atoms with van der Waals surface area (Å²) in [5.74, 6) is 5.19. The van der Waals surface area contributed by atoms with Gasteiger partial charge in [-0.25, -0.2) is 10.8 Å². The van der Waals surface area contributed by atoms with E-state index in [0.29, 0.717) is 24.5 Å².